The van der Waals surface area contributed by atoms with Gasteiger partial charge in [-0.1, -0.05) is 20.8 Å². The predicted octanol–water partition coefficient (Wildman–Crippen LogP) is 2.92. The lowest BCUT2D eigenvalue weighted by Gasteiger charge is -2.36. The van der Waals surface area contributed by atoms with Gasteiger partial charge in [0.1, 0.15) is 12.2 Å². The second-order valence-corrected chi connectivity index (χ2v) is 5.98. The average Bonchev–Trinajstić information content (AvgIpc) is 2.82. The molecule has 0 radical (unpaired) electrons. The van der Waals surface area contributed by atoms with Crippen LogP contribution in [-0.4, -0.2) is 21.7 Å². The Balaban J connectivity index is 2.07. The fourth-order valence-corrected chi connectivity index (χ4v) is 3.43. The fourth-order valence-electron chi connectivity index (χ4n) is 3.43. The SMILES string of the molecule is CCCNC(c1ncn[nH]1)C1CC(C)CC(C)C1. The molecule has 1 fully saturated rings. The van der Waals surface area contributed by atoms with E-state index in [1.54, 1.807) is 6.33 Å². The van der Waals surface area contributed by atoms with Crippen LogP contribution in [0.1, 0.15) is 58.3 Å². The molecule has 1 aliphatic rings. The van der Waals surface area contributed by atoms with Crippen LogP contribution in [0, 0.1) is 17.8 Å². The zero-order chi connectivity index (χ0) is 13.0. The molecular formula is C14H26N4. The molecule has 0 aromatic carbocycles. The van der Waals surface area contributed by atoms with Crippen molar-refractivity contribution in [1.29, 1.82) is 0 Å². The molecule has 1 heterocycles. The van der Waals surface area contributed by atoms with Crippen LogP contribution >= 0.6 is 0 Å². The minimum Gasteiger partial charge on any atom is -0.307 e. The first-order valence-electron chi connectivity index (χ1n) is 7.29. The fraction of sp³-hybridized carbons (Fsp3) is 0.857. The number of aromatic amines is 1. The van der Waals surface area contributed by atoms with Gasteiger partial charge in [-0.2, -0.15) is 5.10 Å². The van der Waals surface area contributed by atoms with Crippen LogP contribution in [0.25, 0.3) is 0 Å². The smallest absolute Gasteiger partial charge is 0.141 e. The van der Waals surface area contributed by atoms with Crippen molar-refractivity contribution >= 4 is 0 Å². The first-order valence-corrected chi connectivity index (χ1v) is 7.29. The van der Waals surface area contributed by atoms with E-state index in [2.05, 4.69) is 41.3 Å². The molecule has 1 aliphatic carbocycles. The maximum Gasteiger partial charge on any atom is 0.141 e. The van der Waals surface area contributed by atoms with Crippen LogP contribution in [0.15, 0.2) is 6.33 Å². The maximum atomic E-state index is 4.37. The van der Waals surface area contributed by atoms with Crippen LogP contribution in [0.3, 0.4) is 0 Å². The van der Waals surface area contributed by atoms with E-state index in [1.165, 1.54) is 19.3 Å². The van der Waals surface area contributed by atoms with Crippen molar-refractivity contribution in [3.05, 3.63) is 12.2 Å². The zero-order valence-corrected chi connectivity index (χ0v) is 11.8. The third-order valence-corrected chi connectivity index (χ3v) is 4.03. The van der Waals surface area contributed by atoms with Gasteiger partial charge in [-0.3, -0.25) is 5.10 Å². The highest BCUT2D eigenvalue weighted by Crippen LogP contribution is 2.38. The summed E-state index contributed by atoms with van der Waals surface area (Å²) in [6.45, 7) is 8.00. The van der Waals surface area contributed by atoms with Crippen molar-refractivity contribution in [2.75, 3.05) is 6.54 Å². The molecule has 102 valence electrons. The molecule has 1 aromatic heterocycles. The molecule has 0 aliphatic heterocycles. The molecule has 0 spiro atoms. The largest absolute Gasteiger partial charge is 0.307 e. The molecule has 3 unspecified atom stereocenters. The van der Waals surface area contributed by atoms with Gasteiger partial charge in [0.2, 0.25) is 0 Å². The van der Waals surface area contributed by atoms with E-state index in [0.717, 1.165) is 30.6 Å². The summed E-state index contributed by atoms with van der Waals surface area (Å²) in [5.41, 5.74) is 0. The Morgan fingerprint density at radius 1 is 1.33 bits per heavy atom. The number of rotatable bonds is 5. The van der Waals surface area contributed by atoms with Crippen LogP contribution in [-0.2, 0) is 0 Å². The standard InChI is InChI=1S/C14H26N4/c1-4-5-15-13(14-16-9-17-18-14)12-7-10(2)6-11(3)8-12/h9-13,15H,4-8H2,1-3H3,(H,16,17,18). The van der Waals surface area contributed by atoms with Crippen molar-refractivity contribution in [2.45, 2.75) is 52.5 Å². The quantitative estimate of drug-likeness (QED) is 0.845. The van der Waals surface area contributed by atoms with Gasteiger partial charge in [-0.25, -0.2) is 4.98 Å². The minimum absolute atomic E-state index is 0.345. The highest BCUT2D eigenvalue weighted by molar-refractivity contribution is 4.97. The zero-order valence-electron chi connectivity index (χ0n) is 11.8. The Hall–Kier alpha value is -0.900. The van der Waals surface area contributed by atoms with Crippen LogP contribution in [0.4, 0.5) is 0 Å². The third-order valence-electron chi connectivity index (χ3n) is 4.03. The van der Waals surface area contributed by atoms with Crippen molar-refractivity contribution in [3.63, 3.8) is 0 Å². The van der Waals surface area contributed by atoms with E-state index in [4.69, 9.17) is 0 Å². The van der Waals surface area contributed by atoms with Gasteiger partial charge in [-0.15, -0.1) is 0 Å². The second-order valence-electron chi connectivity index (χ2n) is 5.98. The number of aromatic nitrogens is 3. The summed E-state index contributed by atoms with van der Waals surface area (Å²) in [4.78, 5) is 4.37. The number of hydrogen-bond donors (Lipinski definition) is 2. The Morgan fingerprint density at radius 3 is 2.61 bits per heavy atom. The van der Waals surface area contributed by atoms with Gasteiger partial charge in [0, 0.05) is 0 Å². The van der Waals surface area contributed by atoms with Gasteiger partial charge in [0.25, 0.3) is 0 Å². The monoisotopic (exact) mass is 250 g/mol. The summed E-state index contributed by atoms with van der Waals surface area (Å²) in [7, 11) is 0. The highest BCUT2D eigenvalue weighted by atomic mass is 15.2. The van der Waals surface area contributed by atoms with Crippen molar-refractivity contribution in [3.8, 4) is 0 Å². The lowest BCUT2D eigenvalue weighted by atomic mass is 9.73. The molecule has 0 bridgehead atoms. The molecule has 4 nitrogen and oxygen atoms in total. The molecule has 1 saturated carbocycles. The average molecular weight is 250 g/mol. The van der Waals surface area contributed by atoms with Gasteiger partial charge >= 0.3 is 0 Å². The number of hydrogen-bond acceptors (Lipinski definition) is 3. The molecule has 4 heteroatoms. The highest BCUT2D eigenvalue weighted by Gasteiger charge is 2.31. The number of nitrogens with zero attached hydrogens (tertiary/aromatic N) is 2. The van der Waals surface area contributed by atoms with Crippen LogP contribution in [0.2, 0.25) is 0 Å². The summed E-state index contributed by atoms with van der Waals surface area (Å²) < 4.78 is 0. The van der Waals surface area contributed by atoms with Gasteiger partial charge in [0.15, 0.2) is 0 Å². The van der Waals surface area contributed by atoms with Crippen molar-refractivity contribution in [1.82, 2.24) is 20.5 Å². The van der Waals surface area contributed by atoms with Crippen LogP contribution in [0.5, 0.6) is 0 Å². The topological polar surface area (TPSA) is 53.6 Å². The molecule has 0 saturated heterocycles. The Morgan fingerprint density at radius 2 is 2.06 bits per heavy atom. The van der Waals surface area contributed by atoms with Crippen LogP contribution < -0.4 is 5.32 Å². The minimum atomic E-state index is 0.345. The molecule has 2 N–H and O–H groups in total. The number of nitrogens with one attached hydrogen (secondary N) is 2. The Labute approximate surface area is 110 Å². The van der Waals surface area contributed by atoms with Gasteiger partial charge in [-0.05, 0) is 50.0 Å². The van der Waals surface area contributed by atoms with Gasteiger partial charge < -0.3 is 5.32 Å². The summed E-state index contributed by atoms with van der Waals surface area (Å²) in [5.74, 6) is 3.35. The molecule has 0 amide bonds. The maximum absolute atomic E-state index is 4.37. The lowest BCUT2D eigenvalue weighted by Crippen LogP contribution is -2.34. The first kappa shape index (κ1) is 13.5. The summed E-state index contributed by atoms with van der Waals surface area (Å²) in [6.07, 6.45) is 6.74. The normalized spacial score (nSPS) is 30.3. The Kier molecular flexibility index (Phi) is 4.75. The molecule has 3 atom stereocenters. The third kappa shape index (κ3) is 3.31. The lowest BCUT2D eigenvalue weighted by molar-refractivity contribution is 0.172. The second kappa shape index (κ2) is 6.32. The molecule has 18 heavy (non-hydrogen) atoms. The molecular weight excluding hydrogens is 224 g/mol. The summed E-state index contributed by atoms with van der Waals surface area (Å²) in [5, 5.41) is 10.7. The molecule has 2 rings (SSSR count). The summed E-state index contributed by atoms with van der Waals surface area (Å²) >= 11 is 0. The van der Waals surface area contributed by atoms with Crippen molar-refractivity contribution in [2.24, 2.45) is 17.8 Å². The first-order chi connectivity index (χ1) is 8.70. The molecule has 1 aromatic rings. The van der Waals surface area contributed by atoms with Gasteiger partial charge in [0.05, 0.1) is 6.04 Å². The van der Waals surface area contributed by atoms with E-state index in [0.29, 0.717) is 12.0 Å². The summed E-state index contributed by atoms with van der Waals surface area (Å²) in [6, 6.07) is 0.345. The van der Waals surface area contributed by atoms with E-state index in [-0.39, 0.29) is 0 Å². The number of H-pyrrole nitrogens is 1. The Bertz CT molecular complexity index is 326. The van der Waals surface area contributed by atoms with E-state index in [1.807, 2.05) is 0 Å². The van der Waals surface area contributed by atoms with E-state index in [9.17, 15) is 0 Å². The van der Waals surface area contributed by atoms with E-state index < -0.39 is 0 Å². The van der Waals surface area contributed by atoms with E-state index >= 15 is 0 Å². The van der Waals surface area contributed by atoms with Crippen molar-refractivity contribution < 1.29 is 0 Å². The predicted molar refractivity (Wildman–Crippen MR) is 73.1 cm³/mol.